The maximum Gasteiger partial charge on any atom is 0.433 e. The Kier molecular flexibility index (Phi) is 8.42. The van der Waals surface area contributed by atoms with E-state index in [0.717, 1.165) is 10.7 Å². The Bertz CT molecular complexity index is 1660. The quantitative estimate of drug-likeness (QED) is 0.152. The first kappa shape index (κ1) is 28.6. The molecule has 40 heavy (non-hydrogen) atoms. The Morgan fingerprint density at radius 2 is 1.65 bits per heavy atom. The number of aryl methyl sites for hydroxylation is 1. The smallest absolute Gasteiger partial charge is 0.280 e. The molecule has 4 rings (SSSR count). The summed E-state index contributed by atoms with van der Waals surface area (Å²) in [5, 5.41) is 4.86. The molecule has 8 nitrogen and oxygen atoms in total. The lowest BCUT2D eigenvalue weighted by molar-refractivity contribution is -0.141. The molecule has 0 saturated carbocycles. The molecule has 0 aliphatic rings. The van der Waals surface area contributed by atoms with Gasteiger partial charge in [0.1, 0.15) is 11.6 Å². The summed E-state index contributed by atoms with van der Waals surface area (Å²) >= 11 is 11.7. The molecule has 2 heterocycles. The molecule has 204 valence electrons. The molecule has 2 N–H and O–H groups in total. The number of anilines is 1. The monoisotopic (exact) mass is 586 g/mol. The second-order valence-electron chi connectivity index (χ2n) is 8.47. The first-order chi connectivity index (χ1) is 19.0. The Morgan fingerprint density at radius 3 is 2.23 bits per heavy atom. The van der Waals surface area contributed by atoms with Crippen LogP contribution in [0.4, 0.5) is 24.7 Å². The van der Waals surface area contributed by atoms with Crippen LogP contribution < -0.4 is 16.4 Å². The van der Waals surface area contributed by atoms with Gasteiger partial charge in [0, 0.05) is 16.3 Å². The maximum absolute atomic E-state index is 14.0. The number of hydrazine groups is 1. The minimum Gasteiger partial charge on any atom is -0.280 e. The molecule has 0 unspecified atom stereocenters. The number of rotatable bonds is 7. The van der Waals surface area contributed by atoms with Crippen LogP contribution in [0.5, 0.6) is 0 Å². The Hall–Kier alpha value is -4.40. The number of alkyl halides is 4. The van der Waals surface area contributed by atoms with E-state index >= 15 is 0 Å². The van der Waals surface area contributed by atoms with Gasteiger partial charge in [-0.15, -0.1) is 16.7 Å². The Labute approximate surface area is 236 Å². The van der Waals surface area contributed by atoms with Crippen molar-refractivity contribution < 1.29 is 18.0 Å². The number of aromatic nitrogens is 3. The van der Waals surface area contributed by atoms with E-state index in [2.05, 4.69) is 25.8 Å². The molecule has 2 aromatic heterocycles. The van der Waals surface area contributed by atoms with Gasteiger partial charge in [-0.25, -0.2) is 14.5 Å². The number of nitrogens with one attached hydrogen (secondary N) is 2. The van der Waals surface area contributed by atoms with Gasteiger partial charge in [-0.1, -0.05) is 54.1 Å². The molecule has 2 aromatic carbocycles. The van der Waals surface area contributed by atoms with Gasteiger partial charge in [0.15, 0.2) is 11.5 Å². The van der Waals surface area contributed by atoms with Crippen molar-refractivity contribution in [2.45, 2.75) is 19.6 Å². The number of carbonyl (C=O) groups excluding carboxylic acids is 1. The standard InChI is InChI=1S/C27H19Cl2F3N6O2/c1-15-18(7-12-21(34-15)27(30,31)32)14-38-26(40)24(17-5-10-20(33-2)11-6-17)23(16-3-8-19(29)9-4-16)25(37-38)36-35-22(39)13-28/h3-12H,13-14H2,1H3,(H,35,39)(H,36,37). The van der Waals surface area contributed by atoms with Gasteiger partial charge in [-0.3, -0.25) is 20.4 Å². The Morgan fingerprint density at radius 1 is 1.02 bits per heavy atom. The number of benzene rings is 2. The fraction of sp³-hybridized carbons (Fsp3) is 0.148. The van der Waals surface area contributed by atoms with Crippen molar-refractivity contribution in [2.24, 2.45) is 0 Å². The topological polar surface area (TPSA) is 93.3 Å². The molecule has 0 bridgehead atoms. The average molecular weight is 587 g/mol. The van der Waals surface area contributed by atoms with Crippen molar-refractivity contribution in [3.8, 4) is 22.3 Å². The minimum atomic E-state index is -4.62. The summed E-state index contributed by atoms with van der Waals surface area (Å²) in [5.74, 6) is -0.874. The molecule has 0 atom stereocenters. The summed E-state index contributed by atoms with van der Waals surface area (Å²) in [6.07, 6.45) is -4.62. The highest BCUT2D eigenvalue weighted by Gasteiger charge is 2.32. The van der Waals surface area contributed by atoms with Crippen molar-refractivity contribution >= 4 is 40.6 Å². The summed E-state index contributed by atoms with van der Waals surface area (Å²) < 4.78 is 40.5. The molecular formula is C27H19Cl2F3N6O2. The van der Waals surface area contributed by atoms with Gasteiger partial charge in [-0.05, 0) is 41.8 Å². The first-order valence-corrected chi connectivity index (χ1v) is 12.5. The molecule has 0 saturated heterocycles. The summed E-state index contributed by atoms with van der Waals surface area (Å²) in [7, 11) is 0. The van der Waals surface area contributed by atoms with Crippen LogP contribution in [0.15, 0.2) is 65.5 Å². The molecule has 0 fully saturated rings. The highest BCUT2D eigenvalue weighted by molar-refractivity contribution is 6.30. The maximum atomic E-state index is 14.0. The summed E-state index contributed by atoms with van der Waals surface area (Å²) in [4.78, 5) is 32.9. The third-order valence-electron chi connectivity index (χ3n) is 5.82. The predicted octanol–water partition coefficient (Wildman–Crippen LogP) is 6.23. The van der Waals surface area contributed by atoms with Crippen LogP contribution in [0.3, 0.4) is 0 Å². The van der Waals surface area contributed by atoms with Crippen LogP contribution in [-0.2, 0) is 17.5 Å². The normalized spacial score (nSPS) is 11.1. The van der Waals surface area contributed by atoms with Crippen molar-refractivity contribution in [3.63, 3.8) is 0 Å². The fourth-order valence-electron chi connectivity index (χ4n) is 3.87. The average Bonchev–Trinajstić information content (AvgIpc) is 2.93. The van der Waals surface area contributed by atoms with E-state index in [1.165, 1.54) is 13.0 Å². The second kappa shape index (κ2) is 11.8. The SMILES string of the molecule is [C-]#[N+]c1ccc(-c2c(-c3ccc(Cl)cc3)c(NNC(=O)CCl)nn(Cc3ccc(C(F)(F)F)nc3C)c2=O)cc1. The molecule has 4 aromatic rings. The van der Waals surface area contributed by atoms with Crippen LogP contribution in [0, 0.1) is 13.5 Å². The fourth-order valence-corrected chi connectivity index (χ4v) is 4.06. The van der Waals surface area contributed by atoms with Crippen LogP contribution >= 0.6 is 23.2 Å². The summed E-state index contributed by atoms with van der Waals surface area (Å²) in [6, 6.07) is 14.9. The number of carbonyl (C=O) groups is 1. The predicted molar refractivity (Wildman–Crippen MR) is 146 cm³/mol. The zero-order valence-corrected chi connectivity index (χ0v) is 22.2. The molecular weight excluding hydrogens is 568 g/mol. The van der Waals surface area contributed by atoms with E-state index in [1.807, 2.05) is 0 Å². The van der Waals surface area contributed by atoms with Crippen molar-refractivity contribution in [3.05, 3.63) is 104 Å². The van der Waals surface area contributed by atoms with Crippen molar-refractivity contribution in [2.75, 3.05) is 11.3 Å². The molecule has 0 spiro atoms. The highest BCUT2D eigenvalue weighted by Crippen LogP contribution is 2.36. The van der Waals surface area contributed by atoms with Crippen molar-refractivity contribution in [1.29, 1.82) is 0 Å². The molecule has 0 aliphatic carbocycles. The first-order valence-electron chi connectivity index (χ1n) is 11.5. The van der Waals surface area contributed by atoms with E-state index in [0.29, 0.717) is 33.0 Å². The lowest BCUT2D eigenvalue weighted by atomic mass is 9.96. The van der Waals surface area contributed by atoms with E-state index in [4.69, 9.17) is 29.8 Å². The zero-order valence-electron chi connectivity index (χ0n) is 20.7. The number of hydrogen-bond donors (Lipinski definition) is 2. The Balaban J connectivity index is 1.96. The van der Waals surface area contributed by atoms with Gasteiger partial charge < -0.3 is 0 Å². The molecule has 0 radical (unpaired) electrons. The van der Waals surface area contributed by atoms with Crippen LogP contribution in [0.25, 0.3) is 27.1 Å². The highest BCUT2D eigenvalue weighted by atomic mass is 35.5. The number of hydrogen-bond acceptors (Lipinski definition) is 5. The van der Waals surface area contributed by atoms with E-state index < -0.39 is 23.3 Å². The van der Waals surface area contributed by atoms with Gasteiger partial charge in [0.2, 0.25) is 0 Å². The van der Waals surface area contributed by atoms with Gasteiger partial charge in [0.25, 0.3) is 11.5 Å². The summed E-state index contributed by atoms with van der Waals surface area (Å²) in [6.45, 7) is 8.42. The minimum absolute atomic E-state index is 0.0576. The lowest BCUT2D eigenvalue weighted by Gasteiger charge is -2.19. The van der Waals surface area contributed by atoms with Gasteiger partial charge in [-0.2, -0.15) is 13.2 Å². The zero-order chi connectivity index (χ0) is 29.0. The van der Waals surface area contributed by atoms with Gasteiger partial charge >= 0.3 is 6.18 Å². The van der Waals surface area contributed by atoms with Gasteiger partial charge in [0.05, 0.1) is 18.7 Å². The number of nitrogens with zero attached hydrogens (tertiary/aromatic N) is 4. The third kappa shape index (κ3) is 6.25. The van der Waals surface area contributed by atoms with Crippen LogP contribution in [0.2, 0.25) is 5.02 Å². The number of pyridine rings is 1. The summed E-state index contributed by atoms with van der Waals surface area (Å²) in [5.41, 5.74) is 5.67. The number of amides is 1. The van der Waals surface area contributed by atoms with Crippen molar-refractivity contribution in [1.82, 2.24) is 20.2 Å². The van der Waals surface area contributed by atoms with E-state index in [-0.39, 0.29) is 29.5 Å². The van der Waals surface area contributed by atoms with Crippen LogP contribution in [-0.4, -0.2) is 26.6 Å². The van der Waals surface area contributed by atoms with E-state index in [9.17, 15) is 22.8 Å². The number of halogens is 5. The largest absolute Gasteiger partial charge is 0.433 e. The van der Waals surface area contributed by atoms with E-state index in [1.54, 1.807) is 48.5 Å². The van der Waals surface area contributed by atoms with Crippen LogP contribution in [0.1, 0.15) is 17.0 Å². The second-order valence-corrected chi connectivity index (χ2v) is 9.18. The molecule has 1 amide bonds. The molecule has 0 aliphatic heterocycles. The third-order valence-corrected chi connectivity index (χ3v) is 6.32. The molecule has 13 heteroatoms. The lowest BCUT2D eigenvalue weighted by Crippen LogP contribution is -2.34.